The first-order valence-corrected chi connectivity index (χ1v) is 6.65. The second kappa shape index (κ2) is 4.63. The Hall–Kier alpha value is -0.390. The summed E-state index contributed by atoms with van der Waals surface area (Å²) in [5.41, 5.74) is 0. The van der Waals surface area contributed by atoms with Crippen molar-refractivity contribution in [2.24, 2.45) is 0 Å². The molecule has 15 heavy (non-hydrogen) atoms. The Bertz CT molecular complexity index is 393. The molecule has 0 aliphatic rings. The summed E-state index contributed by atoms with van der Waals surface area (Å²) in [5.74, 6) is -1.21. The summed E-state index contributed by atoms with van der Waals surface area (Å²) in [6.45, 7) is -0.933. The van der Waals surface area contributed by atoms with Gasteiger partial charge in [-0.05, 0) is 0 Å². The number of hydrogen-bond donors (Lipinski definition) is 0. The lowest BCUT2D eigenvalue weighted by atomic mass is 10.9. The number of hydrogen-bond acceptors (Lipinski definition) is 6. The SMILES string of the molecule is CS(=O)(=O)OCCS(=O)(=O)OC(F)(F)F. The molecule has 0 heterocycles. The van der Waals surface area contributed by atoms with Crippen LogP contribution in [0.3, 0.4) is 0 Å². The number of alkyl halides is 3. The van der Waals surface area contributed by atoms with Crippen LogP contribution < -0.4 is 0 Å². The van der Waals surface area contributed by atoms with E-state index in [-0.39, 0.29) is 0 Å². The minimum Gasteiger partial charge on any atom is -0.269 e. The maximum absolute atomic E-state index is 11.5. The van der Waals surface area contributed by atoms with E-state index in [9.17, 15) is 30.0 Å². The molecule has 0 unspecified atom stereocenters. The standard InChI is InChI=1S/C4H7F3O6S2/c1-14(8,9)12-2-3-15(10,11)13-4(5,6)7/h2-3H2,1H3. The zero-order chi connectivity index (χ0) is 12.3. The zero-order valence-electron chi connectivity index (χ0n) is 7.31. The Kier molecular flexibility index (Phi) is 4.51. The first-order valence-electron chi connectivity index (χ1n) is 3.26. The quantitative estimate of drug-likeness (QED) is 0.646. The van der Waals surface area contributed by atoms with Crippen LogP contribution in [0.15, 0.2) is 0 Å². The first-order chi connectivity index (χ1) is 6.41. The lowest BCUT2D eigenvalue weighted by molar-refractivity contribution is -0.271. The van der Waals surface area contributed by atoms with Crippen LogP contribution in [0.1, 0.15) is 0 Å². The third-order valence-corrected chi connectivity index (χ3v) is 2.56. The Balaban J connectivity index is 4.19. The minimum absolute atomic E-state index is 0.629. The van der Waals surface area contributed by atoms with Crippen LogP contribution in [0.2, 0.25) is 0 Å². The Morgan fingerprint density at radius 2 is 1.60 bits per heavy atom. The summed E-state index contributed by atoms with van der Waals surface area (Å²) in [4.78, 5) is 0. The molecule has 0 atom stereocenters. The van der Waals surface area contributed by atoms with Crippen molar-refractivity contribution >= 4 is 20.2 Å². The average Bonchev–Trinajstić information content (AvgIpc) is 1.75. The van der Waals surface area contributed by atoms with Gasteiger partial charge in [-0.15, -0.1) is 13.2 Å². The van der Waals surface area contributed by atoms with Crippen LogP contribution in [0.4, 0.5) is 13.2 Å². The molecule has 0 saturated heterocycles. The first kappa shape index (κ1) is 14.6. The second-order valence-corrected chi connectivity index (χ2v) is 5.65. The molecule has 92 valence electrons. The lowest BCUT2D eigenvalue weighted by Crippen LogP contribution is -2.24. The van der Waals surface area contributed by atoms with Gasteiger partial charge in [0.25, 0.3) is 20.2 Å². The molecular weight excluding hydrogens is 265 g/mol. The summed E-state index contributed by atoms with van der Waals surface area (Å²) >= 11 is 0. The molecule has 0 rings (SSSR count). The van der Waals surface area contributed by atoms with Crippen LogP contribution >= 0.6 is 0 Å². The van der Waals surface area contributed by atoms with E-state index in [1.54, 1.807) is 0 Å². The van der Waals surface area contributed by atoms with Crippen molar-refractivity contribution in [3.05, 3.63) is 0 Å². The fourth-order valence-corrected chi connectivity index (χ4v) is 1.62. The highest BCUT2D eigenvalue weighted by molar-refractivity contribution is 7.87. The molecule has 0 aliphatic carbocycles. The maximum Gasteiger partial charge on any atom is 0.537 e. The van der Waals surface area contributed by atoms with Crippen LogP contribution in [-0.4, -0.2) is 41.8 Å². The van der Waals surface area contributed by atoms with Gasteiger partial charge >= 0.3 is 6.36 Å². The molecule has 0 N–H and O–H groups in total. The highest BCUT2D eigenvalue weighted by Crippen LogP contribution is 2.19. The molecule has 0 fully saturated rings. The molecule has 0 amide bonds. The third kappa shape index (κ3) is 9.90. The molecule has 0 aromatic carbocycles. The van der Waals surface area contributed by atoms with E-state index in [2.05, 4.69) is 8.37 Å². The molecule has 0 aromatic rings. The molecular formula is C4H7F3O6S2. The van der Waals surface area contributed by atoms with Gasteiger partial charge < -0.3 is 0 Å². The van der Waals surface area contributed by atoms with Crippen molar-refractivity contribution in [3.8, 4) is 0 Å². The molecule has 0 aromatic heterocycles. The van der Waals surface area contributed by atoms with Crippen LogP contribution in [0.25, 0.3) is 0 Å². The molecule has 6 nitrogen and oxygen atoms in total. The van der Waals surface area contributed by atoms with Crippen LogP contribution in [-0.2, 0) is 28.6 Å². The summed E-state index contributed by atoms with van der Waals surface area (Å²) < 4.78 is 82.7. The summed E-state index contributed by atoms with van der Waals surface area (Å²) in [7, 11) is -8.77. The van der Waals surface area contributed by atoms with E-state index in [4.69, 9.17) is 0 Å². The minimum atomic E-state index is -5.33. The van der Waals surface area contributed by atoms with E-state index in [0.29, 0.717) is 6.26 Å². The van der Waals surface area contributed by atoms with Crippen molar-refractivity contribution in [1.29, 1.82) is 0 Å². The van der Waals surface area contributed by atoms with Gasteiger partial charge in [-0.2, -0.15) is 21.0 Å². The predicted molar refractivity (Wildman–Crippen MR) is 41.7 cm³/mol. The van der Waals surface area contributed by atoms with Gasteiger partial charge in [0, 0.05) is 0 Å². The van der Waals surface area contributed by atoms with E-state index in [0.717, 1.165) is 0 Å². The molecule has 0 radical (unpaired) electrons. The van der Waals surface area contributed by atoms with Gasteiger partial charge in [0.1, 0.15) is 5.75 Å². The Labute approximate surface area is 84.2 Å². The van der Waals surface area contributed by atoms with Crippen molar-refractivity contribution < 1.29 is 38.4 Å². The monoisotopic (exact) mass is 272 g/mol. The smallest absolute Gasteiger partial charge is 0.269 e. The van der Waals surface area contributed by atoms with Crippen LogP contribution in [0.5, 0.6) is 0 Å². The number of halogens is 3. The molecule has 0 aliphatic heterocycles. The molecule has 0 bridgehead atoms. The second-order valence-electron chi connectivity index (χ2n) is 2.32. The van der Waals surface area contributed by atoms with E-state index in [1.165, 1.54) is 0 Å². The molecule has 0 spiro atoms. The van der Waals surface area contributed by atoms with E-state index in [1.807, 2.05) is 0 Å². The van der Waals surface area contributed by atoms with Crippen molar-refractivity contribution in [1.82, 2.24) is 0 Å². The topological polar surface area (TPSA) is 86.7 Å². The summed E-state index contributed by atoms with van der Waals surface area (Å²) in [6.07, 6.45) is -4.70. The summed E-state index contributed by atoms with van der Waals surface area (Å²) in [6, 6.07) is 0. The van der Waals surface area contributed by atoms with Gasteiger partial charge in [-0.25, -0.2) is 0 Å². The largest absolute Gasteiger partial charge is 0.537 e. The van der Waals surface area contributed by atoms with Crippen molar-refractivity contribution in [2.75, 3.05) is 18.6 Å². The molecule has 0 saturated carbocycles. The van der Waals surface area contributed by atoms with Gasteiger partial charge in [-0.3, -0.25) is 4.18 Å². The highest BCUT2D eigenvalue weighted by Gasteiger charge is 2.36. The van der Waals surface area contributed by atoms with Crippen molar-refractivity contribution in [3.63, 3.8) is 0 Å². The number of rotatable bonds is 5. The fourth-order valence-electron chi connectivity index (χ4n) is 0.473. The van der Waals surface area contributed by atoms with Crippen molar-refractivity contribution in [2.45, 2.75) is 6.36 Å². The summed E-state index contributed by atoms with van der Waals surface area (Å²) in [5, 5.41) is 0. The third-order valence-electron chi connectivity index (χ3n) is 0.852. The van der Waals surface area contributed by atoms with Gasteiger partial charge in [0.15, 0.2) is 0 Å². The zero-order valence-corrected chi connectivity index (χ0v) is 8.95. The average molecular weight is 272 g/mol. The van der Waals surface area contributed by atoms with Gasteiger partial charge in [-0.1, -0.05) is 0 Å². The molecule has 11 heteroatoms. The fraction of sp³-hybridized carbons (Fsp3) is 1.00. The van der Waals surface area contributed by atoms with E-state index >= 15 is 0 Å². The normalized spacial score (nSPS) is 14.1. The predicted octanol–water partition coefficient (Wildman–Crippen LogP) is -0.171. The van der Waals surface area contributed by atoms with Gasteiger partial charge in [0.05, 0.1) is 12.9 Å². The lowest BCUT2D eigenvalue weighted by Gasteiger charge is -2.07. The van der Waals surface area contributed by atoms with E-state index < -0.39 is 39.0 Å². The Morgan fingerprint density at radius 1 is 1.13 bits per heavy atom. The van der Waals surface area contributed by atoms with Crippen LogP contribution in [0, 0.1) is 0 Å². The highest BCUT2D eigenvalue weighted by atomic mass is 32.2. The maximum atomic E-state index is 11.5. The van der Waals surface area contributed by atoms with Gasteiger partial charge in [0.2, 0.25) is 0 Å². The Morgan fingerprint density at radius 3 is 1.93 bits per heavy atom.